The van der Waals surface area contributed by atoms with Gasteiger partial charge in [0.15, 0.2) is 6.33 Å². The van der Waals surface area contributed by atoms with E-state index in [1.54, 1.807) is 0 Å². The minimum atomic E-state index is 0.668. The molecule has 4 heteroatoms. The SMILES string of the molecule is C=CCNCCc1ncno1. The van der Waals surface area contributed by atoms with Gasteiger partial charge in [-0.2, -0.15) is 4.98 Å². The van der Waals surface area contributed by atoms with Crippen LogP contribution in [0.3, 0.4) is 0 Å². The van der Waals surface area contributed by atoms with E-state index in [2.05, 4.69) is 22.0 Å². The van der Waals surface area contributed by atoms with Crippen molar-refractivity contribution in [3.63, 3.8) is 0 Å². The Labute approximate surface area is 65.3 Å². The zero-order valence-corrected chi connectivity index (χ0v) is 6.29. The van der Waals surface area contributed by atoms with Crippen LogP contribution in [0.25, 0.3) is 0 Å². The third-order valence-corrected chi connectivity index (χ3v) is 1.21. The van der Waals surface area contributed by atoms with Gasteiger partial charge in [0, 0.05) is 19.5 Å². The summed E-state index contributed by atoms with van der Waals surface area (Å²) in [6.07, 6.45) is 3.99. The van der Waals surface area contributed by atoms with Crippen LogP contribution in [0.1, 0.15) is 5.89 Å². The summed E-state index contributed by atoms with van der Waals surface area (Å²) in [6, 6.07) is 0. The highest BCUT2D eigenvalue weighted by Crippen LogP contribution is 1.89. The molecule has 60 valence electrons. The molecule has 0 saturated heterocycles. The van der Waals surface area contributed by atoms with Crippen LogP contribution in [0.2, 0.25) is 0 Å². The normalized spacial score (nSPS) is 9.82. The van der Waals surface area contributed by atoms with Gasteiger partial charge in [-0.05, 0) is 0 Å². The topological polar surface area (TPSA) is 51.0 Å². The molecule has 0 fully saturated rings. The van der Waals surface area contributed by atoms with Gasteiger partial charge in [-0.1, -0.05) is 11.2 Å². The molecule has 1 heterocycles. The standard InChI is InChI=1S/C7H11N3O/c1-2-4-8-5-3-7-9-6-10-11-7/h2,6,8H,1,3-5H2. The highest BCUT2D eigenvalue weighted by molar-refractivity contribution is 4.76. The van der Waals surface area contributed by atoms with Gasteiger partial charge in [-0.15, -0.1) is 6.58 Å². The Morgan fingerprint density at radius 1 is 1.73 bits per heavy atom. The Morgan fingerprint density at radius 3 is 3.27 bits per heavy atom. The highest BCUT2D eigenvalue weighted by Gasteiger charge is 1.95. The summed E-state index contributed by atoms with van der Waals surface area (Å²) >= 11 is 0. The summed E-state index contributed by atoms with van der Waals surface area (Å²) in [5, 5.41) is 6.61. The van der Waals surface area contributed by atoms with Crippen LogP contribution in [0, 0.1) is 0 Å². The summed E-state index contributed by atoms with van der Waals surface area (Å²) in [7, 11) is 0. The smallest absolute Gasteiger partial charge is 0.227 e. The van der Waals surface area contributed by atoms with Crippen molar-refractivity contribution >= 4 is 0 Å². The summed E-state index contributed by atoms with van der Waals surface area (Å²) in [4.78, 5) is 3.87. The molecule has 0 radical (unpaired) electrons. The van der Waals surface area contributed by atoms with Crippen molar-refractivity contribution in [1.29, 1.82) is 0 Å². The lowest BCUT2D eigenvalue weighted by Gasteiger charge is -1.95. The molecule has 1 rings (SSSR count). The molecular formula is C7H11N3O. The van der Waals surface area contributed by atoms with Crippen molar-refractivity contribution in [2.45, 2.75) is 6.42 Å². The van der Waals surface area contributed by atoms with Crippen molar-refractivity contribution in [2.75, 3.05) is 13.1 Å². The largest absolute Gasteiger partial charge is 0.340 e. The molecule has 0 spiro atoms. The Hall–Kier alpha value is -1.16. The van der Waals surface area contributed by atoms with Gasteiger partial charge in [0.25, 0.3) is 0 Å². The average Bonchev–Trinajstić information content (AvgIpc) is 2.50. The molecule has 1 aromatic rings. The fourth-order valence-corrected chi connectivity index (χ4v) is 0.706. The maximum atomic E-state index is 4.79. The van der Waals surface area contributed by atoms with Gasteiger partial charge < -0.3 is 9.84 Å². The second-order valence-electron chi connectivity index (χ2n) is 2.08. The lowest BCUT2D eigenvalue weighted by atomic mass is 10.4. The Balaban J connectivity index is 2.09. The fourth-order valence-electron chi connectivity index (χ4n) is 0.706. The quantitative estimate of drug-likeness (QED) is 0.491. The van der Waals surface area contributed by atoms with Crippen LogP contribution in [-0.4, -0.2) is 23.2 Å². The van der Waals surface area contributed by atoms with Crippen LogP contribution in [0.5, 0.6) is 0 Å². The Kier molecular flexibility index (Phi) is 3.34. The first-order chi connectivity index (χ1) is 5.43. The molecule has 4 nitrogen and oxygen atoms in total. The molecule has 0 amide bonds. The Bertz CT molecular complexity index is 195. The van der Waals surface area contributed by atoms with Gasteiger partial charge >= 0.3 is 0 Å². The van der Waals surface area contributed by atoms with Crippen LogP contribution in [0.15, 0.2) is 23.5 Å². The van der Waals surface area contributed by atoms with Crippen molar-refractivity contribution in [3.05, 3.63) is 24.9 Å². The summed E-state index contributed by atoms with van der Waals surface area (Å²) in [5.74, 6) is 0.668. The van der Waals surface area contributed by atoms with E-state index >= 15 is 0 Å². The first kappa shape index (κ1) is 7.94. The van der Waals surface area contributed by atoms with Gasteiger partial charge in [0.05, 0.1) is 0 Å². The molecule has 1 N–H and O–H groups in total. The minimum absolute atomic E-state index is 0.668. The van der Waals surface area contributed by atoms with E-state index in [1.807, 2.05) is 6.08 Å². The molecule has 0 aromatic carbocycles. The fraction of sp³-hybridized carbons (Fsp3) is 0.429. The first-order valence-corrected chi connectivity index (χ1v) is 3.50. The zero-order chi connectivity index (χ0) is 7.94. The number of hydrogen-bond acceptors (Lipinski definition) is 4. The molecule has 0 atom stereocenters. The van der Waals surface area contributed by atoms with Gasteiger partial charge in [-0.3, -0.25) is 0 Å². The van der Waals surface area contributed by atoms with E-state index in [1.165, 1.54) is 6.33 Å². The maximum absolute atomic E-state index is 4.79. The summed E-state index contributed by atoms with van der Waals surface area (Å²) in [6.45, 7) is 5.24. The lowest BCUT2D eigenvalue weighted by molar-refractivity contribution is 0.375. The number of rotatable bonds is 5. The van der Waals surface area contributed by atoms with Crippen molar-refractivity contribution in [1.82, 2.24) is 15.5 Å². The summed E-state index contributed by atoms with van der Waals surface area (Å²) < 4.78 is 4.79. The van der Waals surface area contributed by atoms with Crippen molar-refractivity contribution in [3.8, 4) is 0 Å². The molecule has 1 aromatic heterocycles. The zero-order valence-electron chi connectivity index (χ0n) is 6.29. The number of hydrogen-bond donors (Lipinski definition) is 1. The van der Waals surface area contributed by atoms with E-state index in [-0.39, 0.29) is 0 Å². The molecule has 0 aliphatic heterocycles. The van der Waals surface area contributed by atoms with Crippen LogP contribution in [-0.2, 0) is 6.42 Å². The predicted octanol–water partition coefficient (Wildman–Crippen LogP) is 0.388. The van der Waals surface area contributed by atoms with Gasteiger partial charge in [-0.25, -0.2) is 0 Å². The van der Waals surface area contributed by atoms with Crippen LogP contribution in [0.4, 0.5) is 0 Å². The van der Waals surface area contributed by atoms with Crippen LogP contribution < -0.4 is 5.32 Å². The molecule has 0 saturated carbocycles. The van der Waals surface area contributed by atoms with Gasteiger partial charge in [0.1, 0.15) is 0 Å². The second kappa shape index (κ2) is 4.62. The van der Waals surface area contributed by atoms with E-state index in [4.69, 9.17) is 4.52 Å². The van der Waals surface area contributed by atoms with Crippen molar-refractivity contribution < 1.29 is 4.52 Å². The number of aromatic nitrogens is 2. The maximum Gasteiger partial charge on any atom is 0.227 e. The third kappa shape index (κ3) is 2.95. The second-order valence-corrected chi connectivity index (χ2v) is 2.08. The van der Waals surface area contributed by atoms with E-state index < -0.39 is 0 Å². The van der Waals surface area contributed by atoms with Crippen molar-refractivity contribution in [2.24, 2.45) is 0 Å². The van der Waals surface area contributed by atoms with E-state index in [0.29, 0.717) is 5.89 Å². The highest BCUT2D eigenvalue weighted by atomic mass is 16.5. The molecule has 0 aliphatic rings. The van der Waals surface area contributed by atoms with Crippen LogP contribution >= 0.6 is 0 Å². The molecule has 11 heavy (non-hydrogen) atoms. The molecule has 0 aliphatic carbocycles. The molecule has 0 bridgehead atoms. The molecule has 0 unspecified atom stereocenters. The number of nitrogens with one attached hydrogen (secondary N) is 1. The number of nitrogens with zero attached hydrogens (tertiary/aromatic N) is 2. The minimum Gasteiger partial charge on any atom is -0.340 e. The van der Waals surface area contributed by atoms with E-state index in [0.717, 1.165) is 19.5 Å². The predicted molar refractivity (Wildman–Crippen MR) is 41.1 cm³/mol. The summed E-state index contributed by atoms with van der Waals surface area (Å²) in [5.41, 5.74) is 0. The Morgan fingerprint density at radius 2 is 2.64 bits per heavy atom. The lowest BCUT2D eigenvalue weighted by Crippen LogP contribution is -2.16. The average molecular weight is 153 g/mol. The van der Waals surface area contributed by atoms with E-state index in [9.17, 15) is 0 Å². The molecular weight excluding hydrogens is 142 g/mol. The first-order valence-electron chi connectivity index (χ1n) is 3.50. The van der Waals surface area contributed by atoms with Gasteiger partial charge in [0.2, 0.25) is 5.89 Å². The third-order valence-electron chi connectivity index (χ3n) is 1.21. The monoisotopic (exact) mass is 153 g/mol.